The Kier molecular flexibility index (Phi) is 2.46. The molecule has 0 heterocycles. The summed E-state index contributed by atoms with van der Waals surface area (Å²) >= 11 is 0. The Morgan fingerprint density at radius 3 is 2.59 bits per heavy atom. The van der Waals surface area contributed by atoms with Crippen molar-refractivity contribution in [3.05, 3.63) is 29.3 Å². The minimum absolute atomic E-state index is 0.231. The second-order valence-electron chi connectivity index (χ2n) is 5.51. The van der Waals surface area contributed by atoms with Crippen molar-refractivity contribution < 1.29 is 9.90 Å². The van der Waals surface area contributed by atoms with Crippen LogP contribution in [0.25, 0.3) is 0 Å². The van der Waals surface area contributed by atoms with Crippen molar-refractivity contribution in [2.45, 2.75) is 50.4 Å². The fourth-order valence-corrected chi connectivity index (χ4v) is 3.58. The maximum Gasteiger partial charge on any atom is 0.132 e. The number of phenols is 1. The van der Waals surface area contributed by atoms with Gasteiger partial charge in [0.15, 0.2) is 0 Å². The number of ketones is 1. The van der Waals surface area contributed by atoms with Gasteiger partial charge in [-0.1, -0.05) is 6.07 Å². The molecule has 90 valence electrons. The summed E-state index contributed by atoms with van der Waals surface area (Å²) < 4.78 is 0. The van der Waals surface area contributed by atoms with Crippen LogP contribution in [0.5, 0.6) is 5.75 Å². The average Bonchev–Trinajstić information content (AvgIpc) is 2.33. The number of rotatable bonds is 0. The van der Waals surface area contributed by atoms with Crippen LogP contribution in [0.3, 0.4) is 0 Å². The fraction of sp³-hybridized carbons (Fsp3) is 0.533. The number of hydrogen-bond acceptors (Lipinski definition) is 2. The molecular weight excluding hydrogens is 212 g/mol. The fourth-order valence-electron chi connectivity index (χ4n) is 3.58. The second-order valence-corrected chi connectivity index (χ2v) is 5.51. The zero-order valence-corrected chi connectivity index (χ0v) is 10.0. The Balaban J connectivity index is 2.01. The predicted octanol–water partition coefficient (Wildman–Crippen LogP) is 3.11. The van der Waals surface area contributed by atoms with Gasteiger partial charge in [-0.25, -0.2) is 0 Å². The van der Waals surface area contributed by atoms with Crippen LogP contribution in [0.1, 0.15) is 49.7 Å². The molecule has 0 unspecified atom stereocenters. The normalized spacial score (nSPS) is 22.5. The van der Waals surface area contributed by atoms with Gasteiger partial charge in [-0.3, -0.25) is 4.79 Å². The van der Waals surface area contributed by atoms with E-state index in [0.717, 1.165) is 32.1 Å². The SMILES string of the molecule is O=C1CCC2(CCCc3cc(O)ccc32)CC1. The largest absolute Gasteiger partial charge is 0.508 e. The Morgan fingerprint density at radius 1 is 1.06 bits per heavy atom. The Bertz CT molecular complexity index is 452. The van der Waals surface area contributed by atoms with Gasteiger partial charge >= 0.3 is 0 Å². The van der Waals surface area contributed by atoms with Gasteiger partial charge in [-0.15, -0.1) is 0 Å². The molecule has 1 aromatic carbocycles. The van der Waals surface area contributed by atoms with E-state index in [1.165, 1.54) is 24.0 Å². The van der Waals surface area contributed by atoms with Gasteiger partial charge in [-0.2, -0.15) is 0 Å². The highest BCUT2D eigenvalue weighted by molar-refractivity contribution is 5.79. The molecule has 0 saturated heterocycles. The molecule has 1 saturated carbocycles. The summed E-state index contributed by atoms with van der Waals surface area (Å²) in [4.78, 5) is 11.4. The Morgan fingerprint density at radius 2 is 1.82 bits per heavy atom. The van der Waals surface area contributed by atoms with E-state index in [4.69, 9.17) is 0 Å². The van der Waals surface area contributed by atoms with Crippen LogP contribution in [0.2, 0.25) is 0 Å². The molecule has 1 spiro atoms. The first-order chi connectivity index (χ1) is 8.20. The van der Waals surface area contributed by atoms with Gasteiger partial charge in [0.2, 0.25) is 0 Å². The lowest BCUT2D eigenvalue weighted by molar-refractivity contribution is -0.121. The van der Waals surface area contributed by atoms with E-state index in [9.17, 15) is 9.90 Å². The summed E-state index contributed by atoms with van der Waals surface area (Å²) in [6.45, 7) is 0. The van der Waals surface area contributed by atoms with Crippen molar-refractivity contribution >= 4 is 5.78 Å². The number of Topliss-reactive ketones (excluding diaryl/α,β-unsaturated/α-hetero) is 1. The highest BCUT2D eigenvalue weighted by atomic mass is 16.3. The molecule has 3 rings (SSSR count). The molecule has 0 bridgehead atoms. The molecule has 0 radical (unpaired) electrons. The van der Waals surface area contributed by atoms with Gasteiger partial charge < -0.3 is 5.11 Å². The van der Waals surface area contributed by atoms with E-state index in [0.29, 0.717) is 11.5 Å². The molecule has 2 heteroatoms. The van der Waals surface area contributed by atoms with E-state index in [-0.39, 0.29) is 5.41 Å². The minimum Gasteiger partial charge on any atom is -0.508 e. The lowest BCUT2D eigenvalue weighted by Crippen LogP contribution is -2.35. The van der Waals surface area contributed by atoms with Gasteiger partial charge in [0.05, 0.1) is 0 Å². The standard InChI is InChI=1S/C15H18O2/c16-12-5-8-15(9-6-12)7-1-2-11-10-13(17)3-4-14(11)15/h3-4,10,17H,1-2,5-9H2. The lowest BCUT2D eigenvalue weighted by Gasteiger charge is -2.41. The predicted molar refractivity (Wildman–Crippen MR) is 66.2 cm³/mol. The molecule has 0 aromatic heterocycles. The van der Waals surface area contributed by atoms with Gasteiger partial charge in [0, 0.05) is 12.8 Å². The number of aromatic hydroxyl groups is 1. The monoisotopic (exact) mass is 230 g/mol. The maximum absolute atomic E-state index is 11.4. The first-order valence-electron chi connectivity index (χ1n) is 6.54. The van der Waals surface area contributed by atoms with Gasteiger partial charge in [-0.05, 0) is 60.8 Å². The van der Waals surface area contributed by atoms with E-state index in [2.05, 4.69) is 6.07 Å². The van der Waals surface area contributed by atoms with Crippen LogP contribution in [-0.4, -0.2) is 10.9 Å². The second kappa shape index (κ2) is 3.86. The topological polar surface area (TPSA) is 37.3 Å². The van der Waals surface area contributed by atoms with E-state index >= 15 is 0 Å². The Labute approximate surface area is 102 Å². The number of carbonyl (C=O) groups excluding carboxylic acids is 1. The van der Waals surface area contributed by atoms with Crippen LogP contribution in [0.4, 0.5) is 0 Å². The van der Waals surface area contributed by atoms with Gasteiger partial charge in [0.25, 0.3) is 0 Å². The van der Waals surface area contributed by atoms with E-state index in [1.54, 1.807) is 6.07 Å². The van der Waals surface area contributed by atoms with Gasteiger partial charge in [0.1, 0.15) is 11.5 Å². The highest BCUT2D eigenvalue weighted by Gasteiger charge is 2.39. The van der Waals surface area contributed by atoms with E-state index < -0.39 is 0 Å². The van der Waals surface area contributed by atoms with Crippen LogP contribution in [0, 0.1) is 0 Å². The molecule has 1 N–H and O–H groups in total. The third-order valence-corrected chi connectivity index (χ3v) is 4.53. The Hall–Kier alpha value is -1.31. The number of hydrogen-bond donors (Lipinski definition) is 1. The van der Waals surface area contributed by atoms with Crippen LogP contribution < -0.4 is 0 Å². The summed E-state index contributed by atoms with van der Waals surface area (Å²) in [5.74, 6) is 0.786. The average molecular weight is 230 g/mol. The van der Waals surface area contributed by atoms with Crippen LogP contribution in [0.15, 0.2) is 18.2 Å². The van der Waals surface area contributed by atoms with Crippen molar-refractivity contribution in [2.75, 3.05) is 0 Å². The number of carbonyl (C=O) groups is 1. The quantitative estimate of drug-likeness (QED) is 0.743. The molecule has 0 aliphatic heterocycles. The zero-order chi connectivity index (χ0) is 11.9. The molecule has 2 aliphatic carbocycles. The molecule has 1 fully saturated rings. The summed E-state index contributed by atoms with van der Waals surface area (Å²) in [6.07, 6.45) is 6.94. The number of phenolic OH excluding ortho intramolecular Hbond substituents is 1. The van der Waals surface area contributed by atoms with Crippen molar-refractivity contribution in [3.8, 4) is 5.75 Å². The van der Waals surface area contributed by atoms with Crippen molar-refractivity contribution in [3.63, 3.8) is 0 Å². The summed E-state index contributed by atoms with van der Waals surface area (Å²) in [6, 6.07) is 5.79. The number of fused-ring (bicyclic) bond motifs is 2. The smallest absolute Gasteiger partial charge is 0.132 e. The summed E-state index contributed by atoms with van der Waals surface area (Å²) in [7, 11) is 0. The molecule has 2 nitrogen and oxygen atoms in total. The van der Waals surface area contributed by atoms with Crippen LogP contribution in [-0.2, 0) is 16.6 Å². The van der Waals surface area contributed by atoms with Crippen molar-refractivity contribution in [1.29, 1.82) is 0 Å². The third-order valence-electron chi connectivity index (χ3n) is 4.53. The molecule has 0 atom stereocenters. The molecule has 1 aromatic rings. The zero-order valence-electron chi connectivity index (χ0n) is 10.0. The molecule has 17 heavy (non-hydrogen) atoms. The highest BCUT2D eigenvalue weighted by Crippen LogP contribution is 2.47. The lowest BCUT2D eigenvalue weighted by atomic mass is 9.62. The molecule has 0 amide bonds. The first kappa shape index (κ1) is 10.8. The summed E-state index contributed by atoms with van der Waals surface area (Å²) in [5, 5.41) is 9.56. The van der Waals surface area contributed by atoms with Crippen molar-refractivity contribution in [1.82, 2.24) is 0 Å². The van der Waals surface area contributed by atoms with E-state index in [1.807, 2.05) is 6.07 Å². The van der Waals surface area contributed by atoms with Crippen LogP contribution >= 0.6 is 0 Å². The number of benzene rings is 1. The number of aryl methyl sites for hydroxylation is 1. The van der Waals surface area contributed by atoms with Crippen molar-refractivity contribution in [2.24, 2.45) is 0 Å². The summed E-state index contributed by atoms with van der Waals surface area (Å²) in [5.41, 5.74) is 2.93. The first-order valence-corrected chi connectivity index (χ1v) is 6.54. The molecule has 2 aliphatic rings. The molecular formula is C15H18O2. The maximum atomic E-state index is 11.4. The minimum atomic E-state index is 0.231. The third kappa shape index (κ3) is 1.76.